The van der Waals surface area contributed by atoms with Crippen LogP contribution in [0.1, 0.15) is 25.1 Å². The molecular formula is C11H17N3O2S2. The molecule has 1 aromatic rings. The Bertz CT molecular complexity index is 570. The lowest BCUT2D eigenvalue weighted by atomic mass is 10.3. The van der Waals surface area contributed by atoms with Gasteiger partial charge < -0.3 is 10.6 Å². The van der Waals surface area contributed by atoms with E-state index in [0.29, 0.717) is 11.5 Å². The zero-order chi connectivity index (χ0) is 13.9. The molecule has 0 radical (unpaired) electrons. The van der Waals surface area contributed by atoms with Gasteiger partial charge in [0.1, 0.15) is 20.8 Å². The summed E-state index contributed by atoms with van der Waals surface area (Å²) in [6.45, 7) is 5.39. The Balaban J connectivity index is 3.49. The molecule has 2 N–H and O–H groups in total. The molecule has 0 bridgehead atoms. The molecule has 0 spiro atoms. The second-order valence-corrected chi connectivity index (χ2v) is 6.89. The fourth-order valence-corrected chi connectivity index (χ4v) is 4.33. The molecule has 1 aromatic heterocycles. The normalized spacial score (nSPS) is 11.2. The van der Waals surface area contributed by atoms with Crippen molar-refractivity contribution in [3.05, 3.63) is 4.88 Å². The summed E-state index contributed by atoms with van der Waals surface area (Å²) >= 11 is 1.15. The van der Waals surface area contributed by atoms with Crippen LogP contribution in [0.5, 0.6) is 0 Å². The highest BCUT2D eigenvalue weighted by molar-refractivity contribution is 7.91. The van der Waals surface area contributed by atoms with E-state index in [0.717, 1.165) is 30.6 Å². The monoisotopic (exact) mass is 287 g/mol. The average molecular weight is 287 g/mol. The third-order valence-electron chi connectivity index (χ3n) is 2.52. The van der Waals surface area contributed by atoms with Gasteiger partial charge in [0.15, 0.2) is 9.84 Å². The van der Waals surface area contributed by atoms with Gasteiger partial charge in [-0.1, -0.05) is 6.92 Å². The van der Waals surface area contributed by atoms with Gasteiger partial charge in [0.05, 0.1) is 5.69 Å². The van der Waals surface area contributed by atoms with Crippen molar-refractivity contribution in [2.24, 2.45) is 0 Å². The van der Waals surface area contributed by atoms with Crippen LogP contribution < -0.4 is 10.6 Å². The largest absolute Gasteiger partial charge is 0.396 e. The standard InChI is InChI=1S/C11H17N3O2S2/c1-4-6-14(5-2)11-10(18(3,15)16)9(13)8(7-12)17-11/h4-6,13H2,1-3H3. The highest BCUT2D eigenvalue weighted by Crippen LogP contribution is 2.41. The number of nitriles is 1. The molecule has 0 aliphatic rings. The van der Waals surface area contributed by atoms with E-state index in [-0.39, 0.29) is 15.5 Å². The molecular weight excluding hydrogens is 270 g/mol. The predicted molar refractivity (Wildman–Crippen MR) is 74.7 cm³/mol. The lowest BCUT2D eigenvalue weighted by Crippen LogP contribution is -2.24. The first kappa shape index (κ1) is 14.8. The van der Waals surface area contributed by atoms with Gasteiger partial charge in [-0.3, -0.25) is 0 Å². The van der Waals surface area contributed by atoms with Crippen LogP contribution in [0.15, 0.2) is 4.90 Å². The number of nitrogen functional groups attached to an aromatic ring is 1. The average Bonchev–Trinajstić information content (AvgIpc) is 2.62. The molecule has 100 valence electrons. The van der Waals surface area contributed by atoms with Crippen LogP contribution in [-0.2, 0) is 9.84 Å². The molecule has 0 fully saturated rings. The van der Waals surface area contributed by atoms with E-state index in [2.05, 4.69) is 0 Å². The van der Waals surface area contributed by atoms with Crippen LogP contribution >= 0.6 is 11.3 Å². The number of thiophene rings is 1. The number of hydrogen-bond acceptors (Lipinski definition) is 6. The van der Waals surface area contributed by atoms with Gasteiger partial charge in [0.25, 0.3) is 0 Å². The third kappa shape index (κ3) is 2.76. The van der Waals surface area contributed by atoms with Crippen molar-refractivity contribution in [2.75, 3.05) is 30.0 Å². The number of hydrogen-bond donors (Lipinski definition) is 1. The number of nitrogens with two attached hydrogens (primary N) is 1. The fourth-order valence-electron chi connectivity index (χ4n) is 1.74. The summed E-state index contributed by atoms with van der Waals surface area (Å²) in [5, 5.41) is 9.55. The van der Waals surface area contributed by atoms with Gasteiger partial charge in [-0.2, -0.15) is 5.26 Å². The van der Waals surface area contributed by atoms with Crippen molar-refractivity contribution in [1.82, 2.24) is 0 Å². The van der Waals surface area contributed by atoms with E-state index in [1.54, 1.807) is 0 Å². The van der Waals surface area contributed by atoms with Gasteiger partial charge >= 0.3 is 0 Å². The number of rotatable bonds is 5. The highest BCUT2D eigenvalue weighted by Gasteiger charge is 2.26. The summed E-state index contributed by atoms with van der Waals surface area (Å²) in [6, 6.07) is 1.95. The van der Waals surface area contributed by atoms with Crippen molar-refractivity contribution >= 4 is 31.9 Å². The van der Waals surface area contributed by atoms with Crippen LogP contribution in [-0.4, -0.2) is 27.8 Å². The SMILES string of the molecule is CCCN(CC)c1sc(C#N)c(N)c1S(C)(=O)=O. The van der Waals surface area contributed by atoms with Gasteiger partial charge in [0.2, 0.25) is 0 Å². The Kier molecular flexibility index (Phi) is 4.59. The van der Waals surface area contributed by atoms with E-state index in [1.165, 1.54) is 0 Å². The summed E-state index contributed by atoms with van der Waals surface area (Å²) in [5.41, 5.74) is 5.85. The van der Waals surface area contributed by atoms with Crippen molar-refractivity contribution in [2.45, 2.75) is 25.2 Å². The van der Waals surface area contributed by atoms with Gasteiger partial charge in [-0.15, -0.1) is 11.3 Å². The lowest BCUT2D eigenvalue weighted by Gasteiger charge is -2.21. The molecule has 0 aromatic carbocycles. The van der Waals surface area contributed by atoms with Crippen LogP contribution in [0, 0.1) is 11.3 Å². The summed E-state index contributed by atoms with van der Waals surface area (Å²) in [7, 11) is -3.43. The molecule has 0 amide bonds. The Morgan fingerprint density at radius 2 is 2.06 bits per heavy atom. The number of nitrogens with zero attached hydrogens (tertiary/aromatic N) is 2. The zero-order valence-corrected chi connectivity index (χ0v) is 12.4. The van der Waals surface area contributed by atoms with E-state index in [4.69, 9.17) is 11.0 Å². The molecule has 0 atom stereocenters. The Hall–Kier alpha value is -1.26. The quantitative estimate of drug-likeness (QED) is 0.893. The molecule has 0 aliphatic heterocycles. The molecule has 18 heavy (non-hydrogen) atoms. The molecule has 1 rings (SSSR count). The minimum atomic E-state index is -3.43. The summed E-state index contributed by atoms with van der Waals surface area (Å²) in [6.07, 6.45) is 2.02. The van der Waals surface area contributed by atoms with Gasteiger partial charge in [-0.25, -0.2) is 8.42 Å². The van der Waals surface area contributed by atoms with E-state index in [9.17, 15) is 8.42 Å². The maximum atomic E-state index is 11.8. The molecule has 0 saturated heterocycles. The second kappa shape index (κ2) is 5.59. The molecule has 0 aliphatic carbocycles. The highest BCUT2D eigenvalue weighted by atomic mass is 32.2. The Morgan fingerprint density at radius 1 is 1.44 bits per heavy atom. The van der Waals surface area contributed by atoms with Crippen molar-refractivity contribution in [3.63, 3.8) is 0 Å². The molecule has 0 saturated carbocycles. The smallest absolute Gasteiger partial charge is 0.180 e. The molecule has 7 heteroatoms. The van der Waals surface area contributed by atoms with Crippen molar-refractivity contribution < 1.29 is 8.42 Å². The topological polar surface area (TPSA) is 87.2 Å². The second-order valence-electron chi connectivity index (χ2n) is 3.94. The fraction of sp³-hybridized carbons (Fsp3) is 0.545. The van der Waals surface area contributed by atoms with Crippen LogP contribution in [0.25, 0.3) is 0 Å². The summed E-state index contributed by atoms with van der Waals surface area (Å²) < 4.78 is 23.6. The van der Waals surface area contributed by atoms with Crippen molar-refractivity contribution in [3.8, 4) is 6.07 Å². The maximum absolute atomic E-state index is 11.8. The predicted octanol–water partition coefficient (Wildman–Crippen LogP) is 1.84. The van der Waals surface area contributed by atoms with Crippen LogP contribution in [0.2, 0.25) is 0 Å². The minimum Gasteiger partial charge on any atom is -0.396 e. The number of sulfone groups is 1. The van der Waals surface area contributed by atoms with E-state index >= 15 is 0 Å². The Morgan fingerprint density at radius 3 is 2.44 bits per heavy atom. The molecule has 5 nitrogen and oxygen atoms in total. The third-order valence-corrected chi connectivity index (χ3v) is 4.97. The van der Waals surface area contributed by atoms with Gasteiger partial charge in [0, 0.05) is 19.3 Å². The Labute approximate surface area is 112 Å². The van der Waals surface area contributed by atoms with Crippen LogP contribution in [0.3, 0.4) is 0 Å². The summed E-state index contributed by atoms with van der Waals surface area (Å²) in [5.74, 6) is 0. The van der Waals surface area contributed by atoms with E-state index in [1.807, 2.05) is 24.8 Å². The first-order chi connectivity index (χ1) is 8.36. The number of anilines is 2. The summed E-state index contributed by atoms with van der Waals surface area (Å²) in [4.78, 5) is 2.30. The first-order valence-corrected chi connectivity index (χ1v) is 8.34. The zero-order valence-electron chi connectivity index (χ0n) is 10.7. The maximum Gasteiger partial charge on any atom is 0.180 e. The van der Waals surface area contributed by atoms with Crippen LogP contribution in [0.4, 0.5) is 10.7 Å². The molecule has 1 heterocycles. The van der Waals surface area contributed by atoms with Gasteiger partial charge in [-0.05, 0) is 13.3 Å². The lowest BCUT2D eigenvalue weighted by molar-refractivity contribution is 0.602. The van der Waals surface area contributed by atoms with E-state index < -0.39 is 9.84 Å². The van der Waals surface area contributed by atoms with Crippen molar-refractivity contribution in [1.29, 1.82) is 5.26 Å². The minimum absolute atomic E-state index is 0.0783. The first-order valence-electron chi connectivity index (χ1n) is 5.64. The molecule has 0 unspecified atom stereocenters.